The summed E-state index contributed by atoms with van der Waals surface area (Å²) in [6.07, 6.45) is 0. The van der Waals surface area contributed by atoms with Crippen molar-refractivity contribution in [2.75, 3.05) is 31.1 Å². The minimum absolute atomic E-state index is 0.0228. The van der Waals surface area contributed by atoms with Crippen molar-refractivity contribution in [2.45, 2.75) is 0 Å². The Morgan fingerprint density at radius 3 is 2.39 bits per heavy atom. The molecule has 0 N–H and O–H groups in total. The van der Waals surface area contributed by atoms with E-state index in [0.29, 0.717) is 37.6 Å². The molecular formula is C21H17FN4O2. The van der Waals surface area contributed by atoms with Gasteiger partial charge in [0.15, 0.2) is 0 Å². The molecule has 6 nitrogen and oxygen atoms in total. The van der Waals surface area contributed by atoms with E-state index in [2.05, 4.69) is 4.98 Å². The highest BCUT2D eigenvalue weighted by atomic mass is 19.1. The standard InChI is InChI=1S/C21H17FN4O2/c22-17-9-5-4-8-16(17)19-24-18(14-23)21(28-19)26-12-10-25(11-13-26)20(27)15-6-2-1-3-7-15/h1-9H,10-13H2. The zero-order valence-corrected chi connectivity index (χ0v) is 15.0. The molecule has 140 valence electrons. The molecule has 1 fully saturated rings. The molecule has 1 aliphatic rings. The molecular weight excluding hydrogens is 359 g/mol. The number of anilines is 1. The van der Waals surface area contributed by atoms with E-state index in [0.717, 1.165) is 0 Å². The summed E-state index contributed by atoms with van der Waals surface area (Å²) >= 11 is 0. The average Bonchev–Trinajstić information content (AvgIpc) is 3.18. The largest absolute Gasteiger partial charge is 0.419 e. The van der Waals surface area contributed by atoms with E-state index in [1.54, 1.807) is 35.2 Å². The molecule has 4 rings (SSSR count). The number of oxazole rings is 1. The average molecular weight is 376 g/mol. The van der Waals surface area contributed by atoms with Crippen LogP contribution in [-0.4, -0.2) is 42.0 Å². The predicted octanol–water partition coefficient (Wildman–Crippen LogP) is 3.31. The molecule has 7 heteroatoms. The van der Waals surface area contributed by atoms with E-state index in [4.69, 9.17) is 4.42 Å². The molecule has 0 saturated carbocycles. The van der Waals surface area contributed by atoms with Gasteiger partial charge in [0.05, 0.1) is 5.56 Å². The van der Waals surface area contributed by atoms with Gasteiger partial charge >= 0.3 is 0 Å². The number of aromatic nitrogens is 1. The third-order valence-corrected chi connectivity index (χ3v) is 4.69. The van der Waals surface area contributed by atoms with Gasteiger partial charge in [0.2, 0.25) is 17.5 Å². The summed E-state index contributed by atoms with van der Waals surface area (Å²) in [7, 11) is 0. The highest BCUT2D eigenvalue weighted by molar-refractivity contribution is 5.94. The van der Waals surface area contributed by atoms with Gasteiger partial charge in [-0.05, 0) is 24.3 Å². The van der Waals surface area contributed by atoms with Gasteiger partial charge in [0.1, 0.15) is 11.9 Å². The molecule has 28 heavy (non-hydrogen) atoms. The lowest BCUT2D eigenvalue weighted by Gasteiger charge is -2.34. The van der Waals surface area contributed by atoms with Gasteiger partial charge in [-0.15, -0.1) is 0 Å². The molecule has 0 spiro atoms. The van der Waals surface area contributed by atoms with Crippen LogP contribution in [0, 0.1) is 17.1 Å². The van der Waals surface area contributed by atoms with Crippen LogP contribution in [-0.2, 0) is 0 Å². The zero-order valence-electron chi connectivity index (χ0n) is 15.0. The summed E-state index contributed by atoms with van der Waals surface area (Å²) in [4.78, 5) is 20.4. The SMILES string of the molecule is N#Cc1nc(-c2ccccc2F)oc1N1CCN(C(=O)c2ccccc2)CC1. The van der Waals surface area contributed by atoms with Crippen molar-refractivity contribution >= 4 is 11.8 Å². The fraction of sp³-hybridized carbons (Fsp3) is 0.190. The molecule has 0 radical (unpaired) electrons. The van der Waals surface area contributed by atoms with Crippen molar-refractivity contribution < 1.29 is 13.6 Å². The molecule has 3 aromatic rings. The van der Waals surface area contributed by atoms with Crippen molar-refractivity contribution in [3.05, 3.63) is 71.7 Å². The quantitative estimate of drug-likeness (QED) is 0.701. The fourth-order valence-electron chi connectivity index (χ4n) is 3.23. The Morgan fingerprint density at radius 1 is 1.04 bits per heavy atom. The Hall–Kier alpha value is -3.66. The lowest BCUT2D eigenvalue weighted by atomic mass is 10.2. The number of nitrogens with zero attached hydrogens (tertiary/aromatic N) is 4. The first kappa shape index (κ1) is 17.7. The van der Waals surface area contributed by atoms with E-state index in [-0.39, 0.29) is 23.1 Å². The minimum Gasteiger partial charge on any atom is -0.419 e. The van der Waals surface area contributed by atoms with Crippen LogP contribution in [0.4, 0.5) is 10.3 Å². The second-order valence-corrected chi connectivity index (χ2v) is 6.41. The van der Waals surface area contributed by atoms with Crippen molar-refractivity contribution in [2.24, 2.45) is 0 Å². The molecule has 1 amide bonds. The Labute approximate surface area is 161 Å². The van der Waals surface area contributed by atoms with E-state index >= 15 is 0 Å². The van der Waals surface area contributed by atoms with E-state index < -0.39 is 5.82 Å². The second-order valence-electron chi connectivity index (χ2n) is 6.41. The van der Waals surface area contributed by atoms with Gasteiger partial charge in [0.25, 0.3) is 5.91 Å². The predicted molar refractivity (Wildman–Crippen MR) is 101 cm³/mol. The summed E-state index contributed by atoms with van der Waals surface area (Å²) in [5, 5.41) is 9.41. The number of rotatable bonds is 3. The first-order chi connectivity index (χ1) is 13.7. The normalized spacial score (nSPS) is 14.0. The van der Waals surface area contributed by atoms with Gasteiger partial charge in [-0.2, -0.15) is 10.2 Å². The Morgan fingerprint density at radius 2 is 1.71 bits per heavy atom. The summed E-state index contributed by atoms with van der Waals surface area (Å²) in [6.45, 7) is 1.99. The molecule has 2 heterocycles. The van der Waals surface area contributed by atoms with Crippen molar-refractivity contribution in [3.63, 3.8) is 0 Å². The number of halogens is 1. The molecule has 0 aliphatic carbocycles. The minimum atomic E-state index is -0.460. The van der Waals surface area contributed by atoms with Crippen LogP contribution in [0.15, 0.2) is 59.0 Å². The maximum atomic E-state index is 14.0. The first-order valence-corrected chi connectivity index (χ1v) is 8.92. The van der Waals surface area contributed by atoms with Crippen LogP contribution >= 0.6 is 0 Å². The third kappa shape index (κ3) is 3.32. The zero-order chi connectivity index (χ0) is 19.5. The van der Waals surface area contributed by atoms with Crippen LogP contribution < -0.4 is 4.90 Å². The number of piperazine rings is 1. The molecule has 0 bridgehead atoms. The number of nitriles is 1. The second kappa shape index (κ2) is 7.53. The maximum Gasteiger partial charge on any atom is 0.253 e. The molecule has 0 unspecified atom stereocenters. The first-order valence-electron chi connectivity index (χ1n) is 8.92. The van der Waals surface area contributed by atoms with E-state index in [1.807, 2.05) is 29.2 Å². The van der Waals surface area contributed by atoms with Gasteiger partial charge in [-0.3, -0.25) is 4.79 Å². The van der Waals surface area contributed by atoms with Gasteiger partial charge in [0, 0.05) is 31.7 Å². The molecule has 2 aromatic carbocycles. The van der Waals surface area contributed by atoms with Crippen molar-refractivity contribution in [1.82, 2.24) is 9.88 Å². The lowest BCUT2D eigenvalue weighted by molar-refractivity contribution is 0.0745. The Bertz CT molecular complexity index is 1030. The number of carbonyl (C=O) groups excluding carboxylic acids is 1. The Kier molecular flexibility index (Phi) is 4.77. The number of benzene rings is 2. The highest BCUT2D eigenvalue weighted by Gasteiger charge is 2.27. The molecule has 0 atom stereocenters. The number of amides is 1. The summed E-state index contributed by atoms with van der Waals surface area (Å²) in [6, 6.07) is 17.3. The lowest BCUT2D eigenvalue weighted by Crippen LogP contribution is -2.48. The fourth-order valence-corrected chi connectivity index (χ4v) is 3.23. The van der Waals surface area contributed by atoms with Crippen LogP contribution in [0.2, 0.25) is 0 Å². The highest BCUT2D eigenvalue weighted by Crippen LogP contribution is 2.30. The van der Waals surface area contributed by atoms with Crippen molar-refractivity contribution in [1.29, 1.82) is 5.26 Å². The van der Waals surface area contributed by atoms with Crippen LogP contribution in [0.3, 0.4) is 0 Å². The van der Waals surface area contributed by atoms with Gasteiger partial charge in [-0.25, -0.2) is 4.39 Å². The summed E-state index contributed by atoms with van der Waals surface area (Å²) in [5.41, 5.74) is 0.972. The van der Waals surface area contributed by atoms with Gasteiger partial charge in [-0.1, -0.05) is 30.3 Å². The monoisotopic (exact) mass is 376 g/mol. The van der Waals surface area contributed by atoms with Crippen LogP contribution in [0.1, 0.15) is 16.1 Å². The number of hydrogen-bond donors (Lipinski definition) is 0. The topological polar surface area (TPSA) is 73.4 Å². The van der Waals surface area contributed by atoms with E-state index in [1.165, 1.54) is 6.07 Å². The Balaban J connectivity index is 1.51. The summed E-state index contributed by atoms with van der Waals surface area (Å²) in [5.74, 6) is -0.0940. The van der Waals surface area contributed by atoms with E-state index in [9.17, 15) is 14.4 Å². The molecule has 1 saturated heterocycles. The summed E-state index contributed by atoms with van der Waals surface area (Å²) < 4.78 is 19.8. The van der Waals surface area contributed by atoms with Crippen molar-refractivity contribution in [3.8, 4) is 17.5 Å². The number of hydrogen-bond acceptors (Lipinski definition) is 5. The smallest absolute Gasteiger partial charge is 0.253 e. The maximum absolute atomic E-state index is 14.0. The van der Waals surface area contributed by atoms with Crippen LogP contribution in [0.5, 0.6) is 0 Å². The van der Waals surface area contributed by atoms with Gasteiger partial charge < -0.3 is 14.2 Å². The molecule has 1 aromatic heterocycles. The molecule has 1 aliphatic heterocycles. The van der Waals surface area contributed by atoms with Crippen LogP contribution in [0.25, 0.3) is 11.5 Å². The number of carbonyl (C=O) groups is 1. The third-order valence-electron chi connectivity index (χ3n) is 4.69.